The van der Waals surface area contributed by atoms with Crippen LogP contribution in [0.1, 0.15) is 25.7 Å². The fourth-order valence-corrected chi connectivity index (χ4v) is 3.27. The minimum Gasteiger partial charge on any atom is -0.381 e. The van der Waals surface area contributed by atoms with Gasteiger partial charge in [-0.3, -0.25) is 0 Å². The third kappa shape index (κ3) is 4.08. The van der Waals surface area contributed by atoms with Crippen molar-refractivity contribution >= 4 is 17.4 Å². The molecule has 1 aliphatic carbocycles. The Labute approximate surface area is 117 Å². The normalized spacial score (nSPS) is 23.6. The molecule has 2 nitrogen and oxygen atoms in total. The van der Waals surface area contributed by atoms with Crippen molar-refractivity contribution in [1.82, 2.24) is 0 Å². The van der Waals surface area contributed by atoms with Crippen molar-refractivity contribution in [2.75, 3.05) is 11.9 Å². The molecule has 2 rings (SSSR count). The van der Waals surface area contributed by atoms with Gasteiger partial charge in [0.15, 0.2) is 0 Å². The average Bonchev–Trinajstić information content (AvgIpc) is 2.41. The van der Waals surface area contributed by atoms with E-state index < -0.39 is 5.76 Å². The third-order valence-electron chi connectivity index (χ3n) is 3.66. The van der Waals surface area contributed by atoms with Gasteiger partial charge in [0.2, 0.25) is 0 Å². The minimum atomic E-state index is -2.39. The van der Waals surface area contributed by atoms with Crippen LogP contribution in [0.4, 0.5) is 14.5 Å². The number of halogens is 2. The van der Waals surface area contributed by atoms with Gasteiger partial charge in [-0.2, -0.15) is 8.78 Å². The van der Waals surface area contributed by atoms with Crippen LogP contribution in [-0.4, -0.2) is 18.3 Å². The lowest BCUT2D eigenvalue weighted by Gasteiger charge is -2.32. The first-order valence-corrected chi connectivity index (χ1v) is 7.59. The van der Waals surface area contributed by atoms with E-state index in [-0.39, 0.29) is 0 Å². The Morgan fingerprint density at radius 1 is 1.26 bits per heavy atom. The van der Waals surface area contributed by atoms with E-state index in [1.807, 2.05) is 12.1 Å². The largest absolute Gasteiger partial charge is 0.381 e. The molecule has 0 heterocycles. The molecule has 0 bridgehead atoms. The maximum absolute atomic E-state index is 12.5. The summed E-state index contributed by atoms with van der Waals surface area (Å²) < 4.78 is 25.1. The Morgan fingerprint density at radius 3 is 2.74 bits per heavy atom. The monoisotopic (exact) mass is 286 g/mol. The molecule has 1 saturated carbocycles. The summed E-state index contributed by atoms with van der Waals surface area (Å²) in [6.45, 7) is 0.655. The Morgan fingerprint density at radius 2 is 2.00 bits per heavy atom. The van der Waals surface area contributed by atoms with Crippen molar-refractivity contribution in [3.63, 3.8) is 0 Å². The highest BCUT2D eigenvalue weighted by Crippen LogP contribution is 2.34. The molecule has 2 unspecified atom stereocenters. The van der Waals surface area contributed by atoms with Crippen LogP contribution in [-0.2, 0) is 0 Å². The van der Waals surface area contributed by atoms with Crippen LogP contribution in [0.3, 0.4) is 0 Å². The van der Waals surface area contributed by atoms with Gasteiger partial charge in [-0.25, -0.2) is 0 Å². The molecule has 1 fully saturated rings. The van der Waals surface area contributed by atoms with Gasteiger partial charge in [0.05, 0.1) is 0 Å². The van der Waals surface area contributed by atoms with Crippen LogP contribution in [0.5, 0.6) is 0 Å². The summed E-state index contributed by atoms with van der Waals surface area (Å²) in [6.07, 6.45) is 4.58. The SMILES string of the molecule is NCC1CCCCC1Nc1ccccc1SC(F)F. The van der Waals surface area contributed by atoms with E-state index in [1.165, 1.54) is 12.8 Å². The van der Waals surface area contributed by atoms with Gasteiger partial charge < -0.3 is 11.1 Å². The maximum atomic E-state index is 12.5. The van der Waals surface area contributed by atoms with Gasteiger partial charge >= 0.3 is 0 Å². The van der Waals surface area contributed by atoms with Crippen LogP contribution in [0.2, 0.25) is 0 Å². The van der Waals surface area contributed by atoms with Gasteiger partial charge in [-0.1, -0.05) is 36.7 Å². The first-order chi connectivity index (χ1) is 9.20. The fourth-order valence-electron chi connectivity index (χ4n) is 2.66. The van der Waals surface area contributed by atoms with Gasteiger partial charge in [-0.15, -0.1) is 0 Å². The van der Waals surface area contributed by atoms with Gasteiger partial charge in [0.1, 0.15) is 0 Å². The number of nitrogens with one attached hydrogen (secondary N) is 1. The van der Waals surface area contributed by atoms with E-state index in [0.29, 0.717) is 35.2 Å². The predicted molar refractivity (Wildman–Crippen MR) is 76.7 cm³/mol. The van der Waals surface area contributed by atoms with Crippen molar-refractivity contribution in [2.24, 2.45) is 11.7 Å². The summed E-state index contributed by atoms with van der Waals surface area (Å²) in [6, 6.07) is 7.57. The molecule has 1 aliphatic rings. The second-order valence-electron chi connectivity index (χ2n) is 4.91. The van der Waals surface area contributed by atoms with Crippen molar-refractivity contribution in [2.45, 2.75) is 42.4 Å². The zero-order valence-corrected chi connectivity index (χ0v) is 11.6. The average molecular weight is 286 g/mol. The van der Waals surface area contributed by atoms with Crippen LogP contribution >= 0.6 is 11.8 Å². The first-order valence-electron chi connectivity index (χ1n) is 6.71. The van der Waals surface area contributed by atoms with Crippen molar-refractivity contribution < 1.29 is 8.78 Å². The van der Waals surface area contributed by atoms with E-state index in [2.05, 4.69) is 5.32 Å². The first kappa shape index (κ1) is 14.6. The zero-order valence-electron chi connectivity index (χ0n) is 10.8. The summed E-state index contributed by atoms with van der Waals surface area (Å²) in [5, 5.41) is 3.42. The van der Waals surface area contributed by atoms with Crippen LogP contribution in [0, 0.1) is 5.92 Å². The van der Waals surface area contributed by atoms with E-state index in [9.17, 15) is 8.78 Å². The van der Waals surface area contributed by atoms with Gasteiger partial charge in [0.25, 0.3) is 5.76 Å². The smallest absolute Gasteiger partial charge is 0.288 e. The van der Waals surface area contributed by atoms with Crippen LogP contribution < -0.4 is 11.1 Å². The van der Waals surface area contributed by atoms with Crippen molar-refractivity contribution in [1.29, 1.82) is 0 Å². The topological polar surface area (TPSA) is 38.0 Å². The van der Waals surface area contributed by atoms with E-state index >= 15 is 0 Å². The predicted octanol–water partition coefficient (Wildman–Crippen LogP) is 3.93. The lowest BCUT2D eigenvalue weighted by Crippen LogP contribution is -2.36. The fraction of sp³-hybridized carbons (Fsp3) is 0.571. The molecule has 3 N–H and O–H groups in total. The molecule has 2 atom stereocenters. The van der Waals surface area contributed by atoms with E-state index in [0.717, 1.165) is 18.5 Å². The Bertz CT molecular complexity index is 401. The summed E-state index contributed by atoms with van der Waals surface area (Å²) in [4.78, 5) is 0.610. The maximum Gasteiger partial charge on any atom is 0.288 e. The molecular formula is C14H20F2N2S. The van der Waals surface area contributed by atoms with E-state index in [4.69, 9.17) is 5.73 Å². The summed E-state index contributed by atoms with van der Waals surface area (Å²) in [5.41, 5.74) is 6.60. The molecule has 0 aliphatic heterocycles. The number of hydrogen-bond donors (Lipinski definition) is 2. The minimum absolute atomic E-state index is 0.304. The molecule has 1 aromatic carbocycles. The molecular weight excluding hydrogens is 266 g/mol. The quantitative estimate of drug-likeness (QED) is 0.805. The number of hydrogen-bond acceptors (Lipinski definition) is 3. The third-order valence-corrected chi connectivity index (χ3v) is 4.44. The molecule has 0 aromatic heterocycles. The Hall–Kier alpha value is -0.810. The zero-order chi connectivity index (χ0) is 13.7. The number of benzene rings is 1. The van der Waals surface area contributed by atoms with Gasteiger partial charge in [0, 0.05) is 16.6 Å². The second-order valence-corrected chi connectivity index (χ2v) is 5.94. The number of alkyl halides is 2. The van der Waals surface area contributed by atoms with Crippen molar-refractivity contribution in [3.8, 4) is 0 Å². The van der Waals surface area contributed by atoms with Crippen LogP contribution in [0.15, 0.2) is 29.2 Å². The molecule has 0 saturated heterocycles. The molecule has 0 amide bonds. The molecule has 106 valence electrons. The highest BCUT2D eigenvalue weighted by molar-refractivity contribution is 7.99. The number of rotatable bonds is 5. The number of nitrogens with two attached hydrogens (primary N) is 1. The highest BCUT2D eigenvalue weighted by Gasteiger charge is 2.24. The number of anilines is 1. The molecule has 19 heavy (non-hydrogen) atoms. The molecule has 5 heteroatoms. The second kappa shape index (κ2) is 7.10. The lowest BCUT2D eigenvalue weighted by molar-refractivity contribution is 0.252. The summed E-state index contributed by atoms with van der Waals surface area (Å²) in [5.74, 6) is -1.95. The highest BCUT2D eigenvalue weighted by atomic mass is 32.2. The summed E-state index contributed by atoms with van der Waals surface area (Å²) >= 11 is 0.595. The van der Waals surface area contributed by atoms with E-state index in [1.54, 1.807) is 12.1 Å². The number of thioether (sulfide) groups is 1. The number of para-hydroxylation sites is 1. The Kier molecular flexibility index (Phi) is 5.45. The standard InChI is InChI=1S/C14H20F2N2S/c15-14(16)19-13-8-4-3-7-12(13)18-11-6-2-1-5-10(11)9-17/h3-4,7-8,10-11,14,18H,1-2,5-6,9,17H2. The van der Waals surface area contributed by atoms with Crippen LogP contribution in [0.25, 0.3) is 0 Å². The molecule has 1 aromatic rings. The molecule has 0 radical (unpaired) electrons. The Balaban J connectivity index is 2.08. The summed E-state index contributed by atoms with van der Waals surface area (Å²) in [7, 11) is 0. The lowest BCUT2D eigenvalue weighted by atomic mass is 9.84. The van der Waals surface area contributed by atoms with Gasteiger partial charge in [-0.05, 0) is 37.4 Å². The molecule has 0 spiro atoms. The van der Waals surface area contributed by atoms with Crippen molar-refractivity contribution in [3.05, 3.63) is 24.3 Å².